The summed E-state index contributed by atoms with van der Waals surface area (Å²) in [4.78, 5) is 13.5. The van der Waals surface area contributed by atoms with E-state index in [0.29, 0.717) is 9.90 Å². The van der Waals surface area contributed by atoms with Gasteiger partial charge in [-0.05, 0) is 35.9 Å². The number of rotatable bonds is 4. The van der Waals surface area contributed by atoms with Gasteiger partial charge in [-0.1, -0.05) is 41.9 Å². The van der Waals surface area contributed by atoms with Gasteiger partial charge in [0.15, 0.2) is 0 Å². The van der Waals surface area contributed by atoms with Crippen LogP contribution in [0.25, 0.3) is 10.4 Å². The first-order chi connectivity index (χ1) is 11.6. The van der Waals surface area contributed by atoms with E-state index in [9.17, 15) is 9.18 Å². The summed E-state index contributed by atoms with van der Waals surface area (Å²) in [6.45, 7) is 0. The smallest absolute Gasteiger partial charge is 0.266 e. The Morgan fingerprint density at radius 2 is 1.83 bits per heavy atom. The van der Waals surface area contributed by atoms with Crippen LogP contribution in [0.2, 0.25) is 5.02 Å². The topological polar surface area (TPSA) is 41.5 Å². The van der Waals surface area contributed by atoms with E-state index in [-0.39, 0.29) is 11.7 Å². The Morgan fingerprint density at radius 3 is 2.58 bits per heavy atom. The number of amides is 1. The Bertz CT molecular complexity index is 890. The number of nitrogens with zero attached hydrogens (tertiary/aromatic N) is 1. The highest BCUT2D eigenvalue weighted by Gasteiger charge is 2.09. The van der Waals surface area contributed by atoms with E-state index in [0.717, 1.165) is 16.0 Å². The number of hydrazone groups is 1. The Kier molecular flexibility index (Phi) is 5.03. The van der Waals surface area contributed by atoms with E-state index in [1.54, 1.807) is 30.3 Å². The summed E-state index contributed by atoms with van der Waals surface area (Å²) in [6, 6.07) is 16.9. The van der Waals surface area contributed by atoms with E-state index in [1.165, 1.54) is 29.7 Å². The summed E-state index contributed by atoms with van der Waals surface area (Å²) in [6.07, 6.45) is 1.49. The molecule has 1 aromatic heterocycles. The zero-order chi connectivity index (χ0) is 16.9. The van der Waals surface area contributed by atoms with Crippen molar-refractivity contribution in [3.05, 3.63) is 81.9 Å². The van der Waals surface area contributed by atoms with Crippen molar-refractivity contribution < 1.29 is 9.18 Å². The number of benzene rings is 2. The zero-order valence-electron chi connectivity index (χ0n) is 12.4. The number of hydrogen-bond acceptors (Lipinski definition) is 3. The van der Waals surface area contributed by atoms with Crippen molar-refractivity contribution in [2.24, 2.45) is 5.10 Å². The fourth-order valence-electron chi connectivity index (χ4n) is 2.02. The first kappa shape index (κ1) is 16.4. The van der Waals surface area contributed by atoms with Crippen LogP contribution in [-0.4, -0.2) is 12.1 Å². The molecule has 0 saturated carbocycles. The molecule has 3 rings (SSSR count). The van der Waals surface area contributed by atoms with Crippen molar-refractivity contribution in [3.63, 3.8) is 0 Å². The summed E-state index contributed by atoms with van der Waals surface area (Å²) in [5.74, 6) is -0.598. The summed E-state index contributed by atoms with van der Waals surface area (Å²) in [5.41, 5.74) is 4.05. The van der Waals surface area contributed by atoms with Gasteiger partial charge in [-0.2, -0.15) is 5.10 Å². The Labute approximate surface area is 147 Å². The van der Waals surface area contributed by atoms with Gasteiger partial charge in [-0.25, -0.2) is 9.82 Å². The number of halogens is 2. The molecular weight excluding hydrogens is 347 g/mol. The van der Waals surface area contributed by atoms with Gasteiger partial charge >= 0.3 is 0 Å². The van der Waals surface area contributed by atoms with Crippen LogP contribution in [-0.2, 0) is 0 Å². The van der Waals surface area contributed by atoms with E-state index < -0.39 is 0 Å². The van der Waals surface area contributed by atoms with Crippen LogP contribution < -0.4 is 5.43 Å². The molecule has 120 valence electrons. The molecule has 3 aromatic rings. The van der Waals surface area contributed by atoms with E-state index in [2.05, 4.69) is 10.5 Å². The van der Waals surface area contributed by atoms with Crippen LogP contribution in [0.3, 0.4) is 0 Å². The molecule has 0 bridgehead atoms. The van der Waals surface area contributed by atoms with Crippen molar-refractivity contribution in [1.29, 1.82) is 0 Å². The highest BCUT2D eigenvalue weighted by atomic mass is 35.5. The van der Waals surface area contributed by atoms with Crippen molar-refractivity contribution in [3.8, 4) is 10.4 Å². The average molecular weight is 359 g/mol. The van der Waals surface area contributed by atoms with Gasteiger partial charge in [0, 0.05) is 15.5 Å². The number of nitrogens with one attached hydrogen (secondary N) is 1. The van der Waals surface area contributed by atoms with Gasteiger partial charge in [0.05, 0.1) is 11.1 Å². The molecule has 0 spiro atoms. The molecule has 0 aliphatic carbocycles. The maximum absolute atomic E-state index is 13.0. The lowest BCUT2D eigenvalue weighted by molar-refractivity contribution is 0.0959. The van der Waals surface area contributed by atoms with Crippen molar-refractivity contribution in [2.45, 2.75) is 0 Å². The van der Waals surface area contributed by atoms with E-state index in [4.69, 9.17) is 11.6 Å². The lowest BCUT2D eigenvalue weighted by Crippen LogP contribution is -2.16. The van der Waals surface area contributed by atoms with Crippen LogP contribution in [0, 0.1) is 5.82 Å². The molecule has 1 amide bonds. The summed E-state index contributed by atoms with van der Waals surface area (Å²) < 4.78 is 13.0. The predicted octanol–water partition coefficient (Wildman–Crippen LogP) is 4.97. The van der Waals surface area contributed by atoms with Crippen molar-refractivity contribution >= 4 is 35.1 Å². The number of carbonyl (C=O) groups is 1. The molecule has 0 fully saturated rings. The maximum Gasteiger partial charge on any atom is 0.281 e. The zero-order valence-corrected chi connectivity index (χ0v) is 13.9. The molecule has 2 aromatic carbocycles. The van der Waals surface area contributed by atoms with Crippen LogP contribution in [0.5, 0.6) is 0 Å². The third-order valence-electron chi connectivity index (χ3n) is 3.23. The van der Waals surface area contributed by atoms with Gasteiger partial charge in [-0.3, -0.25) is 4.79 Å². The van der Waals surface area contributed by atoms with E-state index in [1.807, 2.05) is 18.2 Å². The molecule has 0 unspecified atom stereocenters. The number of carbonyl (C=O) groups excluding carboxylic acids is 1. The van der Waals surface area contributed by atoms with Crippen LogP contribution >= 0.6 is 22.9 Å². The Hall–Kier alpha value is -2.50. The summed E-state index contributed by atoms with van der Waals surface area (Å²) in [5, 5.41) is 4.48. The second-order valence-corrected chi connectivity index (χ2v) is 6.38. The second-order valence-electron chi connectivity index (χ2n) is 4.89. The van der Waals surface area contributed by atoms with Crippen LogP contribution in [0.15, 0.2) is 65.8 Å². The molecule has 1 heterocycles. The second kappa shape index (κ2) is 7.38. The van der Waals surface area contributed by atoms with Gasteiger partial charge < -0.3 is 0 Å². The van der Waals surface area contributed by atoms with Gasteiger partial charge in [0.1, 0.15) is 5.82 Å². The van der Waals surface area contributed by atoms with E-state index >= 15 is 0 Å². The Balaban J connectivity index is 1.68. The largest absolute Gasteiger partial charge is 0.281 e. The lowest BCUT2D eigenvalue weighted by atomic mass is 10.2. The first-order valence-corrected chi connectivity index (χ1v) is 8.26. The van der Waals surface area contributed by atoms with Gasteiger partial charge in [-0.15, -0.1) is 11.3 Å². The molecule has 24 heavy (non-hydrogen) atoms. The minimum absolute atomic E-state index is 0.290. The molecule has 1 N–H and O–H groups in total. The standard InChI is InChI=1S/C18H12ClFN2OS/c19-15-4-2-1-3-13(15)11-21-22-18(23)17-10-9-16(24-17)12-5-7-14(20)8-6-12/h1-11H,(H,22,23)/b21-11-. The fourth-order valence-corrected chi connectivity index (χ4v) is 3.11. The highest BCUT2D eigenvalue weighted by molar-refractivity contribution is 7.17. The molecule has 6 heteroatoms. The maximum atomic E-state index is 13.0. The normalized spacial score (nSPS) is 10.9. The van der Waals surface area contributed by atoms with Gasteiger partial charge in [0.25, 0.3) is 5.91 Å². The average Bonchev–Trinajstić information content (AvgIpc) is 3.07. The molecule has 0 aliphatic heterocycles. The fraction of sp³-hybridized carbons (Fsp3) is 0. The number of thiophene rings is 1. The molecule has 0 saturated heterocycles. The third-order valence-corrected chi connectivity index (χ3v) is 4.71. The SMILES string of the molecule is O=C(N/N=C\c1ccccc1Cl)c1ccc(-c2ccc(F)cc2)s1. The summed E-state index contributed by atoms with van der Waals surface area (Å²) >= 11 is 7.33. The van der Waals surface area contributed by atoms with Crippen molar-refractivity contribution in [1.82, 2.24) is 5.43 Å². The molecule has 0 aliphatic rings. The third kappa shape index (κ3) is 3.88. The molecule has 0 radical (unpaired) electrons. The molecule has 0 atom stereocenters. The predicted molar refractivity (Wildman–Crippen MR) is 96.2 cm³/mol. The quantitative estimate of drug-likeness (QED) is 0.519. The molecule has 3 nitrogen and oxygen atoms in total. The highest BCUT2D eigenvalue weighted by Crippen LogP contribution is 2.28. The first-order valence-electron chi connectivity index (χ1n) is 7.07. The minimum Gasteiger partial charge on any atom is -0.266 e. The van der Waals surface area contributed by atoms with Gasteiger partial charge in [0.2, 0.25) is 0 Å². The summed E-state index contributed by atoms with van der Waals surface area (Å²) in [7, 11) is 0. The monoisotopic (exact) mass is 358 g/mol. The molecular formula is C18H12ClFN2OS. The van der Waals surface area contributed by atoms with Crippen LogP contribution in [0.1, 0.15) is 15.2 Å². The number of hydrogen-bond donors (Lipinski definition) is 1. The minimum atomic E-state index is -0.309. The van der Waals surface area contributed by atoms with Crippen LogP contribution in [0.4, 0.5) is 4.39 Å². The Morgan fingerprint density at radius 1 is 1.08 bits per heavy atom. The van der Waals surface area contributed by atoms with Crippen molar-refractivity contribution in [2.75, 3.05) is 0 Å². The lowest BCUT2D eigenvalue weighted by Gasteiger charge is -1.98.